The van der Waals surface area contributed by atoms with E-state index in [-0.39, 0.29) is 31.2 Å². The molecule has 7 nitrogen and oxygen atoms in total. The lowest BCUT2D eigenvalue weighted by Crippen LogP contribution is -2.43. The van der Waals surface area contributed by atoms with E-state index in [1.54, 1.807) is 0 Å². The molecule has 7 heteroatoms. The van der Waals surface area contributed by atoms with Gasteiger partial charge in [0.1, 0.15) is 18.4 Å². The minimum atomic E-state index is -0.877. The first-order chi connectivity index (χ1) is 17.4. The summed E-state index contributed by atoms with van der Waals surface area (Å²) in [6.07, 6.45) is 0.207. The first-order valence-corrected chi connectivity index (χ1v) is 11.9. The van der Waals surface area contributed by atoms with Crippen LogP contribution in [0.15, 0.2) is 84.9 Å². The number of methoxy groups -OCH3 is 1. The summed E-state index contributed by atoms with van der Waals surface area (Å²) in [5.41, 5.74) is 2.84. The molecule has 0 saturated carbocycles. The van der Waals surface area contributed by atoms with Gasteiger partial charge in [-0.05, 0) is 35.7 Å². The maximum atomic E-state index is 12.5. The number of amides is 2. The lowest BCUT2D eigenvalue weighted by Gasteiger charge is -2.18. The number of rotatable bonds is 12. The molecule has 0 saturated heterocycles. The Morgan fingerprint density at radius 2 is 1.39 bits per heavy atom. The number of ether oxygens (including phenoxy) is 2. The maximum Gasteiger partial charge on any atom is 0.328 e. The highest BCUT2D eigenvalue weighted by atomic mass is 16.5. The van der Waals surface area contributed by atoms with E-state index >= 15 is 0 Å². The summed E-state index contributed by atoms with van der Waals surface area (Å²) in [4.78, 5) is 37.2. The standard InChI is InChI=1S/C29H32N2O5/c1-21(24-13-7-4-8-14-24)30-27(32)16-17-28(33)31-26(29(34)35-2)19-23-12-9-15-25(18-23)36-20-22-10-5-3-6-11-22/h3-15,18,21,26H,16-17,19-20H2,1-2H3,(H,30,32)(H,31,33)/t21-,26+/m1/s1. The first kappa shape index (κ1) is 26.5. The van der Waals surface area contributed by atoms with E-state index < -0.39 is 17.9 Å². The fraction of sp³-hybridized carbons (Fsp3) is 0.276. The van der Waals surface area contributed by atoms with Gasteiger partial charge in [-0.2, -0.15) is 0 Å². The molecule has 0 unspecified atom stereocenters. The Labute approximate surface area is 211 Å². The molecule has 0 aromatic heterocycles. The van der Waals surface area contributed by atoms with Crippen molar-refractivity contribution >= 4 is 17.8 Å². The number of carbonyl (C=O) groups excluding carboxylic acids is 3. The maximum absolute atomic E-state index is 12.5. The van der Waals surface area contributed by atoms with Crippen molar-refractivity contribution in [3.63, 3.8) is 0 Å². The summed E-state index contributed by atoms with van der Waals surface area (Å²) in [5, 5.41) is 5.58. The zero-order chi connectivity index (χ0) is 25.8. The topological polar surface area (TPSA) is 93.7 Å². The molecule has 0 aliphatic rings. The molecule has 0 radical (unpaired) electrons. The van der Waals surface area contributed by atoms with Gasteiger partial charge in [-0.15, -0.1) is 0 Å². The van der Waals surface area contributed by atoms with E-state index in [9.17, 15) is 14.4 Å². The third-order valence-corrected chi connectivity index (χ3v) is 5.66. The number of nitrogens with one attached hydrogen (secondary N) is 2. The second kappa shape index (κ2) is 13.7. The Morgan fingerprint density at radius 3 is 2.06 bits per heavy atom. The van der Waals surface area contributed by atoms with Crippen molar-refractivity contribution in [3.05, 3.63) is 102 Å². The summed E-state index contributed by atoms with van der Waals surface area (Å²) in [6, 6.07) is 25.7. The van der Waals surface area contributed by atoms with Crippen LogP contribution in [0.1, 0.15) is 42.5 Å². The van der Waals surface area contributed by atoms with Crippen LogP contribution in [0, 0.1) is 0 Å². The average Bonchev–Trinajstić information content (AvgIpc) is 2.91. The Hall–Kier alpha value is -4.13. The van der Waals surface area contributed by atoms with Crippen LogP contribution in [0.3, 0.4) is 0 Å². The Kier molecular flexibility index (Phi) is 10.1. The molecule has 0 heterocycles. The third-order valence-electron chi connectivity index (χ3n) is 5.66. The van der Waals surface area contributed by atoms with Gasteiger partial charge in [0.25, 0.3) is 0 Å². The van der Waals surface area contributed by atoms with Crippen LogP contribution in [0.4, 0.5) is 0 Å². The van der Waals surface area contributed by atoms with E-state index in [0.29, 0.717) is 12.4 Å². The van der Waals surface area contributed by atoms with Crippen LogP contribution in [-0.4, -0.2) is 30.9 Å². The van der Waals surface area contributed by atoms with E-state index in [4.69, 9.17) is 9.47 Å². The van der Waals surface area contributed by atoms with Crippen LogP contribution in [-0.2, 0) is 32.1 Å². The van der Waals surface area contributed by atoms with Gasteiger partial charge in [-0.1, -0.05) is 72.8 Å². The number of benzene rings is 3. The Balaban J connectivity index is 1.51. The van der Waals surface area contributed by atoms with Crippen molar-refractivity contribution in [1.82, 2.24) is 10.6 Å². The fourth-order valence-corrected chi connectivity index (χ4v) is 3.71. The van der Waals surface area contributed by atoms with Crippen molar-refractivity contribution in [1.29, 1.82) is 0 Å². The first-order valence-electron chi connectivity index (χ1n) is 11.9. The number of esters is 1. The molecular formula is C29H32N2O5. The van der Waals surface area contributed by atoms with Crippen molar-refractivity contribution < 1.29 is 23.9 Å². The second-order valence-electron chi connectivity index (χ2n) is 8.47. The van der Waals surface area contributed by atoms with Gasteiger partial charge in [-0.3, -0.25) is 9.59 Å². The Bertz CT molecular complexity index is 1130. The number of hydrogen-bond donors (Lipinski definition) is 2. The molecule has 2 atom stereocenters. The smallest absolute Gasteiger partial charge is 0.328 e. The molecule has 3 aromatic rings. The molecule has 0 spiro atoms. The second-order valence-corrected chi connectivity index (χ2v) is 8.47. The molecule has 0 bridgehead atoms. The highest BCUT2D eigenvalue weighted by Gasteiger charge is 2.22. The quantitative estimate of drug-likeness (QED) is 0.374. The van der Waals surface area contributed by atoms with Crippen molar-refractivity contribution in [3.8, 4) is 5.75 Å². The summed E-state index contributed by atoms with van der Waals surface area (Å²) in [7, 11) is 1.28. The largest absolute Gasteiger partial charge is 0.489 e. The van der Waals surface area contributed by atoms with Crippen LogP contribution in [0.25, 0.3) is 0 Å². The summed E-state index contributed by atoms with van der Waals surface area (Å²) in [5.74, 6) is -0.527. The molecule has 3 aromatic carbocycles. The lowest BCUT2D eigenvalue weighted by molar-refractivity contribution is -0.145. The van der Waals surface area contributed by atoms with Gasteiger partial charge in [0.15, 0.2) is 0 Å². The minimum Gasteiger partial charge on any atom is -0.489 e. The van der Waals surface area contributed by atoms with E-state index in [1.807, 2.05) is 91.9 Å². The molecule has 0 aliphatic carbocycles. The minimum absolute atomic E-state index is 0.0136. The van der Waals surface area contributed by atoms with Crippen molar-refractivity contribution in [2.75, 3.05) is 7.11 Å². The molecular weight excluding hydrogens is 456 g/mol. The fourth-order valence-electron chi connectivity index (χ4n) is 3.71. The monoisotopic (exact) mass is 488 g/mol. The molecule has 2 N–H and O–H groups in total. The molecule has 188 valence electrons. The highest BCUT2D eigenvalue weighted by molar-refractivity contribution is 5.87. The van der Waals surface area contributed by atoms with Crippen molar-refractivity contribution in [2.24, 2.45) is 0 Å². The number of carbonyl (C=O) groups is 3. The zero-order valence-electron chi connectivity index (χ0n) is 20.6. The summed E-state index contributed by atoms with van der Waals surface area (Å²) < 4.78 is 10.7. The third kappa shape index (κ3) is 8.58. The molecule has 0 aliphatic heterocycles. The zero-order valence-corrected chi connectivity index (χ0v) is 20.6. The molecule has 3 rings (SSSR count). The van der Waals surface area contributed by atoms with E-state index in [1.165, 1.54) is 7.11 Å². The van der Waals surface area contributed by atoms with Gasteiger partial charge in [-0.25, -0.2) is 4.79 Å². The van der Waals surface area contributed by atoms with Crippen LogP contribution in [0.5, 0.6) is 5.75 Å². The molecule has 2 amide bonds. The van der Waals surface area contributed by atoms with Crippen LogP contribution >= 0.6 is 0 Å². The highest BCUT2D eigenvalue weighted by Crippen LogP contribution is 2.17. The van der Waals surface area contributed by atoms with E-state index in [2.05, 4.69) is 10.6 Å². The summed E-state index contributed by atoms with van der Waals surface area (Å²) in [6.45, 7) is 2.31. The van der Waals surface area contributed by atoms with E-state index in [0.717, 1.165) is 16.7 Å². The molecule has 0 fully saturated rings. The van der Waals surface area contributed by atoms with Gasteiger partial charge < -0.3 is 20.1 Å². The predicted octanol–water partition coefficient (Wildman–Crippen LogP) is 4.12. The predicted molar refractivity (Wildman–Crippen MR) is 137 cm³/mol. The van der Waals surface area contributed by atoms with Crippen LogP contribution in [0.2, 0.25) is 0 Å². The summed E-state index contributed by atoms with van der Waals surface area (Å²) >= 11 is 0. The molecule has 36 heavy (non-hydrogen) atoms. The van der Waals surface area contributed by atoms with Crippen molar-refractivity contribution in [2.45, 2.75) is 44.9 Å². The van der Waals surface area contributed by atoms with Crippen LogP contribution < -0.4 is 15.4 Å². The Morgan fingerprint density at radius 1 is 0.778 bits per heavy atom. The lowest BCUT2D eigenvalue weighted by atomic mass is 10.1. The van der Waals surface area contributed by atoms with Gasteiger partial charge in [0.2, 0.25) is 11.8 Å². The van der Waals surface area contributed by atoms with Gasteiger partial charge in [0, 0.05) is 19.3 Å². The average molecular weight is 489 g/mol. The number of hydrogen-bond acceptors (Lipinski definition) is 5. The SMILES string of the molecule is COC(=O)[C@H](Cc1cccc(OCc2ccccc2)c1)NC(=O)CCC(=O)N[C@H](C)c1ccccc1. The van der Waals surface area contributed by atoms with Gasteiger partial charge >= 0.3 is 5.97 Å². The normalized spacial score (nSPS) is 12.2. The van der Waals surface area contributed by atoms with Gasteiger partial charge in [0.05, 0.1) is 13.2 Å².